The zero-order valence-electron chi connectivity index (χ0n) is 16.0. The van der Waals surface area contributed by atoms with E-state index in [2.05, 4.69) is 0 Å². The number of ketones is 1. The summed E-state index contributed by atoms with van der Waals surface area (Å²) in [7, 11) is 0. The molecule has 0 amide bonds. The van der Waals surface area contributed by atoms with Crippen molar-refractivity contribution < 1.29 is 45.3 Å². The molecule has 1 aliphatic rings. The van der Waals surface area contributed by atoms with Gasteiger partial charge < -0.3 is 40.5 Å². The van der Waals surface area contributed by atoms with Gasteiger partial charge in [-0.3, -0.25) is 4.79 Å². The van der Waals surface area contributed by atoms with Crippen molar-refractivity contribution in [1.82, 2.24) is 0 Å². The van der Waals surface area contributed by atoms with Gasteiger partial charge >= 0.3 is 0 Å². The number of aliphatic hydroxyl groups is 5. The Bertz CT molecular complexity index is 927. The van der Waals surface area contributed by atoms with E-state index in [1.165, 1.54) is 12.1 Å². The highest BCUT2D eigenvalue weighted by molar-refractivity contribution is 6.16. The van der Waals surface area contributed by atoms with Crippen molar-refractivity contribution in [3.05, 3.63) is 58.1 Å². The first-order valence-electron chi connectivity index (χ1n) is 9.36. The lowest BCUT2D eigenvalue weighted by atomic mass is 9.76. The fraction of sp³-hybridized carbons (Fsp3) is 0.381. The average Bonchev–Trinajstić information content (AvgIpc) is 2.74. The van der Waals surface area contributed by atoms with Gasteiger partial charge in [0.1, 0.15) is 29.8 Å². The number of aromatic hydroxyl groups is 2. The van der Waals surface area contributed by atoms with Crippen molar-refractivity contribution in [2.24, 2.45) is 0 Å². The van der Waals surface area contributed by atoms with Gasteiger partial charge in [0, 0.05) is 5.92 Å². The number of carbonyl (C=O) groups is 1. The van der Waals surface area contributed by atoms with Gasteiger partial charge in [-0.1, -0.05) is 18.2 Å². The minimum Gasteiger partial charge on any atom is -0.507 e. The molecule has 162 valence electrons. The number of hydrogen-bond acceptors (Lipinski definition) is 9. The highest BCUT2D eigenvalue weighted by Gasteiger charge is 2.36. The molecule has 30 heavy (non-hydrogen) atoms. The van der Waals surface area contributed by atoms with Crippen LogP contribution in [0.4, 0.5) is 0 Å². The minimum absolute atomic E-state index is 0.00198. The topological polar surface area (TPSA) is 168 Å². The van der Waals surface area contributed by atoms with Crippen LogP contribution in [0.25, 0.3) is 0 Å². The summed E-state index contributed by atoms with van der Waals surface area (Å²) >= 11 is 0. The molecule has 7 N–H and O–H groups in total. The van der Waals surface area contributed by atoms with Gasteiger partial charge in [0.05, 0.1) is 37.6 Å². The molecule has 4 unspecified atom stereocenters. The van der Waals surface area contributed by atoms with Gasteiger partial charge in [-0.2, -0.15) is 0 Å². The Morgan fingerprint density at radius 1 is 0.933 bits per heavy atom. The van der Waals surface area contributed by atoms with Crippen LogP contribution in [0.1, 0.15) is 38.5 Å². The lowest BCUT2D eigenvalue weighted by Crippen LogP contribution is -2.43. The molecule has 0 radical (unpaired) electrons. The summed E-state index contributed by atoms with van der Waals surface area (Å²) in [4.78, 5) is 13.0. The maximum absolute atomic E-state index is 13.0. The number of phenols is 2. The molecule has 0 saturated heterocycles. The average molecular weight is 420 g/mol. The molecular formula is C21H24O9. The quantitative estimate of drug-likeness (QED) is 0.294. The van der Waals surface area contributed by atoms with Gasteiger partial charge in [-0.15, -0.1) is 0 Å². The maximum atomic E-state index is 13.0. The molecule has 0 bridgehead atoms. The molecule has 0 spiro atoms. The molecule has 0 saturated carbocycles. The maximum Gasteiger partial charge on any atom is 0.201 e. The zero-order chi connectivity index (χ0) is 22.0. The third-order valence-corrected chi connectivity index (χ3v) is 5.29. The van der Waals surface area contributed by atoms with Crippen LogP contribution in [0, 0.1) is 0 Å². The largest absolute Gasteiger partial charge is 0.507 e. The predicted octanol–water partition coefficient (Wildman–Crippen LogP) is -0.642. The van der Waals surface area contributed by atoms with E-state index in [0.717, 1.165) is 0 Å². The summed E-state index contributed by atoms with van der Waals surface area (Å²) in [5.41, 5.74) is 1.10. The molecule has 0 aliphatic heterocycles. The number of hydrogen-bond donors (Lipinski definition) is 7. The minimum atomic E-state index is -1.56. The Labute approximate surface area is 172 Å². The Hall–Kier alpha value is -2.53. The second kappa shape index (κ2) is 9.09. The Kier molecular flexibility index (Phi) is 6.71. The first kappa shape index (κ1) is 22.2. The van der Waals surface area contributed by atoms with Crippen LogP contribution in [0.15, 0.2) is 30.3 Å². The van der Waals surface area contributed by atoms with E-state index in [1.807, 2.05) is 0 Å². The number of rotatable bonds is 8. The summed E-state index contributed by atoms with van der Waals surface area (Å²) in [6.45, 7) is -1.94. The highest BCUT2D eigenvalue weighted by Crippen LogP contribution is 2.43. The lowest BCUT2D eigenvalue weighted by molar-refractivity contribution is -0.117. The van der Waals surface area contributed by atoms with Crippen LogP contribution in [-0.2, 0) is 11.3 Å². The summed E-state index contributed by atoms with van der Waals surface area (Å²) in [5.74, 6) is -1.89. The normalized spacial score (nSPS) is 18.4. The van der Waals surface area contributed by atoms with Crippen molar-refractivity contribution in [3.8, 4) is 11.5 Å². The van der Waals surface area contributed by atoms with E-state index in [9.17, 15) is 35.4 Å². The van der Waals surface area contributed by atoms with Crippen molar-refractivity contribution >= 4 is 5.78 Å². The molecule has 3 rings (SSSR count). The molecule has 9 nitrogen and oxygen atoms in total. The third kappa shape index (κ3) is 3.91. The van der Waals surface area contributed by atoms with Crippen LogP contribution >= 0.6 is 0 Å². The predicted molar refractivity (Wildman–Crippen MR) is 103 cm³/mol. The van der Waals surface area contributed by atoms with Gasteiger partial charge in [-0.05, 0) is 28.8 Å². The van der Waals surface area contributed by atoms with E-state index < -0.39 is 43.2 Å². The van der Waals surface area contributed by atoms with E-state index in [0.29, 0.717) is 16.7 Å². The fourth-order valence-electron chi connectivity index (χ4n) is 3.73. The van der Waals surface area contributed by atoms with Crippen LogP contribution in [-0.4, -0.2) is 79.7 Å². The van der Waals surface area contributed by atoms with E-state index in [-0.39, 0.29) is 35.8 Å². The molecule has 0 fully saturated rings. The van der Waals surface area contributed by atoms with Crippen LogP contribution in [0.5, 0.6) is 11.5 Å². The van der Waals surface area contributed by atoms with Crippen molar-refractivity contribution in [1.29, 1.82) is 0 Å². The number of phenolic OH excluding ortho intramolecular Hbond substituents is 2. The molecule has 0 aromatic heterocycles. The molecule has 0 heterocycles. The molecule has 2 aromatic carbocycles. The molecule has 4 atom stereocenters. The van der Waals surface area contributed by atoms with Gasteiger partial charge in [0.25, 0.3) is 0 Å². The second-order valence-corrected chi connectivity index (χ2v) is 7.16. The number of ether oxygens (including phenoxy) is 1. The molecular weight excluding hydrogens is 396 g/mol. The standard InChI is InChI=1S/C21H24O9/c22-6-10-4-12-13(9-30-17(8-24)20(28)16(27)7-23)11-2-1-3-14(25)18(11)21(29)19(12)15(26)5-10/h1-5,13,16-17,20,22-28H,6-9H2. The number of benzene rings is 2. The number of fused-ring (bicyclic) bond motifs is 2. The van der Waals surface area contributed by atoms with Gasteiger partial charge in [0.15, 0.2) is 0 Å². The summed E-state index contributed by atoms with van der Waals surface area (Å²) in [6.07, 6.45) is -4.32. The Balaban J connectivity index is 2.04. The summed E-state index contributed by atoms with van der Waals surface area (Å²) in [5, 5.41) is 68.3. The summed E-state index contributed by atoms with van der Waals surface area (Å²) < 4.78 is 5.61. The van der Waals surface area contributed by atoms with Crippen LogP contribution < -0.4 is 0 Å². The Morgan fingerprint density at radius 2 is 1.63 bits per heavy atom. The van der Waals surface area contributed by atoms with E-state index >= 15 is 0 Å². The number of aliphatic hydroxyl groups excluding tert-OH is 5. The third-order valence-electron chi connectivity index (χ3n) is 5.29. The van der Waals surface area contributed by atoms with Crippen LogP contribution in [0.3, 0.4) is 0 Å². The van der Waals surface area contributed by atoms with Crippen LogP contribution in [0.2, 0.25) is 0 Å². The molecule has 9 heteroatoms. The van der Waals surface area contributed by atoms with Gasteiger partial charge in [-0.25, -0.2) is 0 Å². The van der Waals surface area contributed by atoms with Crippen molar-refractivity contribution in [2.75, 3.05) is 19.8 Å². The first-order valence-corrected chi connectivity index (χ1v) is 9.36. The molecule has 2 aromatic rings. The SMILES string of the molecule is O=C1c2c(O)cccc2C(COC(CO)C(O)C(O)CO)c2cc(CO)cc(O)c21. The fourth-order valence-corrected chi connectivity index (χ4v) is 3.73. The number of carbonyl (C=O) groups excluding carboxylic acids is 1. The monoisotopic (exact) mass is 420 g/mol. The van der Waals surface area contributed by atoms with E-state index in [1.54, 1.807) is 18.2 Å². The summed E-state index contributed by atoms with van der Waals surface area (Å²) in [6, 6.07) is 7.30. The van der Waals surface area contributed by atoms with Crippen molar-refractivity contribution in [3.63, 3.8) is 0 Å². The Morgan fingerprint density at radius 3 is 2.27 bits per heavy atom. The molecule has 1 aliphatic carbocycles. The van der Waals surface area contributed by atoms with Gasteiger partial charge in [0.2, 0.25) is 5.78 Å². The first-order chi connectivity index (χ1) is 14.3. The van der Waals surface area contributed by atoms with E-state index in [4.69, 9.17) is 9.84 Å². The smallest absolute Gasteiger partial charge is 0.201 e. The van der Waals surface area contributed by atoms with Crippen molar-refractivity contribution in [2.45, 2.75) is 30.8 Å². The highest BCUT2D eigenvalue weighted by atomic mass is 16.5. The second-order valence-electron chi connectivity index (χ2n) is 7.16. The zero-order valence-corrected chi connectivity index (χ0v) is 16.0. The lowest BCUT2D eigenvalue weighted by Gasteiger charge is -2.31.